The summed E-state index contributed by atoms with van der Waals surface area (Å²) in [6, 6.07) is 4.88. The van der Waals surface area contributed by atoms with Crippen LogP contribution in [-0.2, 0) is 0 Å². The van der Waals surface area contributed by atoms with E-state index in [0.29, 0.717) is 22.2 Å². The maximum atomic E-state index is 11.8. The molecule has 86 valence electrons. The Balaban J connectivity index is 3.30. The number of thioether (sulfide) groups is 1. The molecule has 1 aromatic rings. The third-order valence-corrected chi connectivity index (χ3v) is 3.25. The lowest BCUT2D eigenvalue weighted by atomic mass is 10.0. The van der Waals surface area contributed by atoms with E-state index in [2.05, 4.69) is 15.9 Å². The first-order valence-electron chi connectivity index (χ1n) is 4.61. The number of aromatic carboxylic acids is 1. The summed E-state index contributed by atoms with van der Waals surface area (Å²) >= 11 is 4.56. The van der Waals surface area contributed by atoms with Crippen molar-refractivity contribution in [3.8, 4) is 0 Å². The van der Waals surface area contributed by atoms with Crippen LogP contribution in [0.1, 0.15) is 27.1 Å². The van der Waals surface area contributed by atoms with Crippen molar-refractivity contribution in [3.05, 3.63) is 29.3 Å². The van der Waals surface area contributed by atoms with E-state index in [0.717, 1.165) is 0 Å². The molecule has 0 spiro atoms. The van der Waals surface area contributed by atoms with E-state index in [9.17, 15) is 9.59 Å². The lowest BCUT2D eigenvalue weighted by molar-refractivity contribution is 0.0691. The highest BCUT2D eigenvalue weighted by atomic mass is 79.9. The minimum atomic E-state index is -1.06. The van der Waals surface area contributed by atoms with E-state index < -0.39 is 5.97 Å². The first-order valence-corrected chi connectivity index (χ1v) is 6.96. The molecular formula is C11H11BrO3S. The minimum absolute atomic E-state index is 0.0813. The molecule has 0 aliphatic carbocycles. The minimum Gasteiger partial charge on any atom is -0.478 e. The van der Waals surface area contributed by atoms with Crippen molar-refractivity contribution in [1.82, 2.24) is 0 Å². The SMILES string of the molecule is CSc1cccc(C(=O)O)c1C(=O)CCBr. The molecule has 0 aromatic heterocycles. The second-order valence-corrected chi connectivity index (χ2v) is 4.69. The molecule has 0 amide bonds. The van der Waals surface area contributed by atoms with Gasteiger partial charge in [0.05, 0.1) is 5.56 Å². The smallest absolute Gasteiger partial charge is 0.336 e. The molecule has 5 heteroatoms. The summed E-state index contributed by atoms with van der Waals surface area (Å²) in [5.74, 6) is -1.20. The van der Waals surface area contributed by atoms with Crippen LogP contribution in [0.5, 0.6) is 0 Å². The summed E-state index contributed by atoms with van der Waals surface area (Å²) in [7, 11) is 0. The van der Waals surface area contributed by atoms with Gasteiger partial charge in [0.2, 0.25) is 0 Å². The second kappa shape index (κ2) is 6.06. The quantitative estimate of drug-likeness (QED) is 0.516. The zero-order chi connectivity index (χ0) is 12.1. The number of carbonyl (C=O) groups is 2. The fraction of sp³-hybridized carbons (Fsp3) is 0.273. The summed E-state index contributed by atoms with van der Waals surface area (Å²) in [5, 5.41) is 9.56. The van der Waals surface area contributed by atoms with E-state index in [-0.39, 0.29) is 11.3 Å². The number of carboxylic acids is 1. The Bertz CT molecular complexity index is 418. The van der Waals surface area contributed by atoms with Crippen LogP contribution in [0.25, 0.3) is 0 Å². The number of Topliss-reactive ketones (excluding diaryl/α,β-unsaturated/α-hetero) is 1. The van der Waals surface area contributed by atoms with Crippen molar-refractivity contribution >= 4 is 39.4 Å². The van der Waals surface area contributed by atoms with Crippen molar-refractivity contribution in [2.45, 2.75) is 11.3 Å². The molecule has 1 N–H and O–H groups in total. The van der Waals surface area contributed by atoms with Crippen molar-refractivity contribution in [3.63, 3.8) is 0 Å². The van der Waals surface area contributed by atoms with Crippen molar-refractivity contribution in [1.29, 1.82) is 0 Å². The molecule has 0 saturated carbocycles. The fourth-order valence-electron chi connectivity index (χ4n) is 1.38. The standard InChI is InChI=1S/C11H11BrO3S/c1-16-9-4-2-3-7(11(14)15)10(9)8(13)5-6-12/h2-4H,5-6H2,1H3,(H,14,15). The molecule has 0 atom stereocenters. The third kappa shape index (κ3) is 2.86. The van der Waals surface area contributed by atoms with Gasteiger partial charge in [-0.1, -0.05) is 22.0 Å². The number of carbonyl (C=O) groups excluding carboxylic acids is 1. The lowest BCUT2D eigenvalue weighted by Gasteiger charge is -2.08. The Hall–Kier alpha value is -0.810. The molecule has 0 fully saturated rings. The highest BCUT2D eigenvalue weighted by Gasteiger charge is 2.19. The van der Waals surface area contributed by atoms with Crippen molar-refractivity contribution in [2.75, 3.05) is 11.6 Å². The van der Waals surface area contributed by atoms with Gasteiger partial charge in [0.25, 0.3) is 0 Å². The normalized spacial score (nSPS) is 10.1. The van der Waals surface area contributed by atoms with Gasteiger partial charge < -0.3 is 5.11 Å². The molecule has 1 rings (SSSR count). The lowest BCUT2D eigenvalue weighted by Crippen LogP contribution is -2.10. The largest absolute Gasteiger partial charge is 0.478 e. The Morgan fingerprint density at radius 3 is 2.62 bits per heavy atom. The van der Waals surface area contributed by atoms with Crippen LogP contribution in [0.3, 0.4) is 0 Å². The van der Waals surface area contributed by atoms with Crippen LogP contribution in [-0.4, -0.2) is 28.4 Å². The third-order valence-electron chi connectivity index (χ3n) is 2.08. The molecule has 0 aliphatic heterocycles. The van der Waals surface area contributed by atoms with E-state index in [1.807, 2.05) is 6.26 Å². The maximum Gasteiger partial charge on any atom is 0.336 e. The monoisotopic (exact) mass is 302 g/mol. The highest BCUT2D eigenvalue weighted by Crippen LogP contribution is 2.25. The number of alkyl halides is 1. The Kier molecular flexibility index (Phi) is 5.02. The number of halogens is 1. The van der Waals surface area contributed by atoms with Gasteiger partial charge in [-0.2, -0.15) is 0 Å². The highest BCUT2D eigenvalue weighted by molar-refractivity contribution is 9.09. The van der Waals surface area contributed by atoms with Crippen LogP contribution in [0, 0.1) is 0 Å². The molecule has 1 aromatic carbocycles. The van der Waals surface area contributed by atoms with Gasteiger partial charge >= 0.3 is 5.97 Å². The number of hydrogen-bond acceptors (Lipinski definition) is 3. The van der Waals surface area contributed by atoms with Gasteiger partial charge in [-0.15, -0.1) is 11.8 Å². The summed E-state index contributed by atoms with van der Waals surface area (Å²) in [5.41, 5.74) is 0.403. The number of ketones is 1. The summed E-state index contributed by atoms with van der Waals surface area (Å²) in [4.78, 5) is 23.6. The number of hydrogen-bond donors (Lipinski definition) is 1. The molecular weight excluding hydrogens is 292 g/mol. The summed E-state index contributed by atoms with van der Waals surface area (Å²) in [6.45, 7) is 0. The van der Waals surface area contributed by atoms with Gasteiger partial charge in [-0.25, -0.2) is 4.79 Å². The predicted molar refractivity (Wildman–Crippen MR) is 67.9 cm³/mol. The van der Waals surface area contributed by atoms with Crippen LogP contribution >= 0.6 is 27.7 Å². The van der Waals surface area contributed by atoms with E-state index >= 15 is 0 Å². The van der Waals surface area contributed by atoms with Crippen LogP contribution in [0.2, 0.25) is 0 Å². The Morgan fingerprint density at radius 2 is 2.12 bits per heavy atom. The Morgan fingerprint density at radius 1 is 1.44 bits per heavy atom. The molecule has 0 radical (unpaired) electrons. The van der Waals surface area contributed by atoms with Gasteiger partial charge in [0.15, 0.2) is 5.78 Å². The number of rotatable bonds is 5. The first-order chi connectivity index (χ1) is 7.61. The summed E-state index contributed by atoms with van der Waals surface area (Å²) in [6.07, 6.45) is 2.13. The van der Waals surface area contributed by atoms with Crippen LogP contribution in [0.15, 0.2) is 23.1 Å². The van der Waals surface area contributed by atoms with Gasteiger partial charge in [-0.05, 0) is 18.4 Å². The summed E-state index contributed by atoms with van der Waals surface area (Å²) < 4.78 is 0. The van der Waals surface area contributed by atoms with Gasteiger partial charge in [-0.3, -0.25) is 4.79 Å². The topological polar surface area (TPSA) is 54.4 Å². The fourth-order valence-corrected chi connectivity index (χ4v) is 2.38. The van der Waals surface area contributed by atoms with E-state index in [1.165, 1.54) is 17.8 Å². The average molecular weight is 303 g/mol. The maximum absolute atomic E-state index is 11.8. The molecule has 0 aliphatic rings. The van der Waals surface area contributed by atoms with Gasteiger partial charge in [0.1, 0.15) is 0 Å². The number of carboxylic acid groups (broad SMARTS) is 1. The first kappa shape index (κ1) is 13.3. The number of benzene rings is 1. The van der Waals surface area contributed by atoms with E-state index in [4.69, 9.17) is 5.11 Å². The molecule has 3 nitrogen and oxygen atoms in total. The zero-order valence-corrected chi connectivity index (χ0v) is 11.1. The molecule has 0 saturated heterocycles. The Labute approximate surface area is 106 Å². The van der Waals surface area contributed by atoms with Crippen LogP contribution < -0.4 is 0 Å². The van der Waals surface area contributed by atoms with Crippen molar-refractivity contribution in [2.24, 2.45) is 0 Å². The predicted octanol–water partition coefficient (Wildman–Crippen LogP) is 3.07. The van der Waals surface area contributed by atoms with Crippen molar-refractivity contribution < 1.29 is 14.7 Å². The van der Waals surface area contributed by atoms with Gasteiger partial charge in [0, 0.05) is 22.2 Å². The van der Waals surface area contributed by atoms with Crippen LogP contribution in [0.4, 0.5) is 0 Å². The molecule has 0 bridgehead atoms. The molecule has 0 unspecified atom stereocenters. The molecule has 0 heterocycles. The molecule has 16 heavy (non-hydrogen) atoms. The zero-order valence-electron chi connectivity index (χ0n) is 8.70. The van der Waals surface area contributed by atoms with E-state index in [1.54, 1.807) is 12.1 Å². The average Bonchev–Trinajstić information content (AvgIpc) is 2.28. The second-order valence-electron chi connectivity index (χ2n) is 3.05.